The molecule has 1 fully saturated rings. The smallest absolute Gasteiger partial charge is 0.419 e. The second-order valence-corrected chi connectivity index (χ2v) is 11.4. The second kappa shape index (κ2) is 11.8. The Hall–Kier alpha value is -3.77. The van der Waals surface area contributed by atoms with Gasteiger partial charge in [-0.25, -0.2) is 9.59 Å². The topological polar surface area (TPSA) is 93.5 Å². The summed E-state index contributed by atoms with van der Waals surface area (Å²) in [5, 5.41) is 11.3. The third kappa shape index (κ3) is 6.81. The molecule has 2 heterocycles. The van der Waals surface area contributed by atoms with Gasteiger partial charge in [0, 0.05) is 49.4 Å². The van der Waals surface area contributed by atoms with E-state index in [1.807, 2.05) is 17.9 Å². The van der Waals surface area contributed by atoms with Crippen LogP contribution in [-0.2, 0) is 16.0 Å². The summed E-state index contributed by atoms with van der Waals surface area (Å²) in [6.07, 6.45) is -3.27. The molecular weight excluding hydrogens is 555 g/mol. The molecule has 0 spiro atoms. The molecule has 1 N–H and O–H groups in total. The zero-order valence-corrected chi connectivity index (χ0v) is 24.5. The molecule has 9 nitrogen and oxygen atoms in total. The predicted molar refractivity (Wildman–Crippen MR) is 150 cm³/mol. The molecule has 1 unspecified atom stereocenters. The van der Waals surface area contributed by atoms with E-state index < -0.39 is 36.4 Å². The lowest BCUT2D eigenvalue weighted by molar-refractivity contribution is -0.152. The number of aromatic hydroxyl groups is 1. The van der Waals surface area contributed by atoms with Crippen molar-refractivity contribution in [2.45, 2.75) is 52.1 Å². The average molecular weight is 592 g/mol. The molecule has 1 aromatic heterocycles. The molecule has 0 aliphatic carbocycles. The summed E-state index contributed by atoms with van der Waals surface area (Å²) in [4.78, 5) is 28.4. The van der Waals surface area contributed by atoms with Gasteiger partial charge in [-0.05, 0) is 63.1 Å². The van der Waals surface area contributed by atoms with E-state index in [1.54, 1.807) is 39.1 Å². The van der Waals surface area contributed by atoms with Gasteiger partial charge in [-0.2, -0.15) is 13.2 Å². The van der Waals surface area contributed by atoms with Crippen LogP contribution in [0.4, 0.5) is 18.0 Å². The lowest BCUT2D eigenvalue weighted by Crippen LogP contribution is -2.50. The van der Waals surface area contributed by atoms with Crippen LogP contribution in [0.15, 0.2) is 36.5 Å². The first-order valence-corrected chi connectivity index (χ1v) is 13.5. The average Bonchev–Trinajstić information content (AvgIpc) is 3.35. The molecule has 228 valence electrons. The summed E-state index contributed by atoms with van der Waals surface area (Å²) in [5.74, 6) is -0.473. The number of benzene rings is 2. The highest BCUT2D eigenvalue weighted by Gasteiger charge is 2.37. The van der Waals surface area contributed by atoms with Gasteiger partial charge in [-0.15, -0.1) is 0 Å². The highest BCUT2D eigenvalue weighted by atomic mass is 19.4. The summed E-state index contributed by atoms with van der Waals surface area (Å²) in [5.41, 5.74) is 1.99. The van der Waals surface area contributed by atoms with E-state index in [1.165, 1.54) is 35.8 Å². The van der Waals surface area contributed by atoms with E-state index in [9.17, 15) is 27.9 Å². The quantitative estimate of drug-likeness (QED) is 0.368. The standard InChI is InChI=1S/C30H36F3N3O6/c1-18-13-25(40-5)22(20-9-10-36(26(18)20)28(39)42-29(2,3)4)15-35-12-11-34(17-30(31,32)33)16-23(35)19-7-8-21(24(37)14-19)27(38)41-6/h7-10,13-14,23,37H,11-12,15-17H2,1-6H3. The fourth-order valence-electron chi connectivity index (χ4n) is 5.39. The van der Waals surface area contributed by atoms with Crippen LogP contribution in [0.25, 0.3) is 10.9 Å². The third-order valence-electron chi connectivity index (χ3n) is 7.19. The fourth-order valence-corrected chi connectivity index (χ4v) is 5.39. The molecule has 0 bridgehead atoms. The molecule has 0 saturated carbocycles. The van der Waals surface area contributed by atoms with Crippen molar-refractivity contribution in [2.75, 3.05) is 40.4 Å². The molecule has 2 aromatic carbocycles. The number of piperazine rings is 1. The number of carbonyl (C=O) groups is 2. The number of fused-ring (bicyclic) bond motifs is 1. The molecule has 1 aliphatic rings. The van der Waals surface area contributed by atoms with E-state index in [2.05, 4.69) is 0 Å². The number of alkyl halides is 3. The van der Waals surface area contributed by atoms with E-state index in [0.29, 0.717) is 16.8 Å². The lowest BCUT2D eigenvalue weighted by Gasteiger charge is -2.42. The van der Waals surface area contributed by atoms with Gasteiger partial charge in [0.05, 0.1) is 26.3 Å². The molecule has 42 heavy (non-hydrogen) atoms. The lowest BCUT2D eigenvalue weighted by atomic mass is 9.97. The van der Waals surface area contributed by atoms with Gasteiger partial charge in [-0.3, -0.25) is 14.4 Å². The van der Waals surface area contributed by atoms with Gasteiger partial charge in [0.1, 0.15) is 22.7 Å². The molecule has 12 heteroatoms. The number of esters is 1. The number of hydrogen-bond donors (Lipinski definition) is 1. The monoisotopic (exact) mass is 591 g/mol. The second-order valence-electron chi connectivity index (χ2n) is 11.4. The Labute approximate surface area is 242 Å². The van der Waals surface area contributed by atoms with E-state index in [0.717, 1.165) is 16.5 Å². The number of phenols is 1. The summed E-state index contributed by atoms with van der Waals surface area (Å²) < 4.78 is 57.5. The van der Waals surface area contributed by atoms with Gasteiger partial charge < -0.3 is 19.3 Å². The van der Waals surface area contributed by atoms with Crippen LogP contribution < -0.4 is 4.74 Å². The molecule has 4 rings (SSSR count). The number of carbonyl (C=O) groups excluding carboxylic acids is 2. The Morgan fingerprint density at radius 2 is 1.79 bits per heavy atom. The zero-order valence-electron chi connectivity index (χ0n) is 24.5. The van der Waals surface area contributed by atoms with Gasteiger partial charge in [0.15, 0.2) is 0 Å². The van der Waals surface area contributed by atoms with Crippen LogP contribution >= 0.6 is 0 Å². The van der Waals surface area contributed by atoms with Crippen molar-refractivity contribution in [3.05, 3.63) is 58.8 Å². The summed E-state index contributed by atoms with van der Waals surface area (Å²) in [6.45, 7) is 6.91. The van der Waals surface area contributed by atoms with E-state index >= 15 is 0 Å². The van der Waals surface area contributed by atoms with Crippen molar-refractivity contribution in [3.8, 4) is 11.5 Å². The largest absolute Gasteiger partial charge is 0.507 e. The Morgan fingerprint density at radius 1 is 1.07 bits per heavy atom. The number of halogens is 3. The Kier molecular flexibility index (Phi) is 8.79. The first kappa shape index (κ1) is 31.2. The van der Waals surface area contributed by atoms with Crippen LogP contribution in [0.3, 0.4) is 0 Å². The number of aromatic nitrogens is 1. The van der Waals surface area contributed by atoms with Crippen LogP contribution in [0.5, 0.6) is 11.5 Å². The SMILES string of the molecule is COC(=O)c1ccc(C2CN(CC(F)(F)F)CCN2Cc2c(OC)cc(C)c3c2ccn3C(=O)OC(C)(C)C)cc1O. The molecule has 0 radical (unpaired) electrons. The minimum atomic E-state index is -4.37. The maximum absolute atomic E-state index is 13.3. The molecule has 3 aromatic rings. The summed E-state index contributed by atoms with van der Waals surface area (Å²) in [7, 11) is 2.73. The number of nitrogens with zero attached hydrogens (tertiary/aromatic N) is 3. The van der Waals surface area contributed by atoms with Crippen molar-refractivity contribution in [1.29, 1.82) is 0 Å². The normalized spacial score (nSPS) is 16.9. The van der Waals surface area contributed by atoms with Gasteiger partial charge in [0.2, 0.25) is 0 Å². The predicted octanol–water partition coefficient (Wildman–Crippen LogP) is 5.65. The zero-order chi connectivity index (χ0) is 31.0. The molecule has 1 aliphatic heterocycles. The number of methoxy groups -OCH3 is 2. The van der Waals surface area contributed by atoms with Crippen LogP contribution in [0.2, 0.25) is 0 Å². The minimum absolute atomic E-state index is 0.0345. The van der Waals surface area contributed by atoms with Gasteiger partial charge in [0.25, 0.3) is 0 Å². The van der Waals surface area contributed by atoms with E-state index in [-0.39, 0.29) is 37.5 Å². The molecule has 0 amide bonds. The third-order valence-corrected chi connectivity index (χ3v) is 7.19. The minimum Gasteiger partial charge on any atom is -0.507 e. The van der Waals surface area contributed by atoms with E-state index in [4.69, 9.17) is 14.2 Å². The van der Waals surface area contributed by atoms with Crippen LogP contribution in [0, 0.1) is 6.92 Å². The van der Waals surface area contributed by atoms with Gasteiger partial charge >= 0.3 is 18.2 Å². The molecule has 1 saturated heterocycles. The van der Waals surface area contributed by atoms with Crippen molar-refractivity contribution in [2.24, 2.45) is 0 Å². The van der Waals surface area contributed by atoms with Crippen LogP contribution in [-0.4, -0.2) is 83.7 Å². The number of phenolic OH excluding ortho intramolecular Hbond substituents is 1. The first-order chi connectivity index (χ1) is 19.6. The van der Waals surface area contributed by atoms with Crippen molar-refractivity contribution in [3.63, 3.8) is 0 Å². The van der Waals surface area contributed by atoms with Crippen molar-refractivity contribution < 1.29 is 42.1 Å². The first-order valence-electron chi connectivity index (χ1n) is 13.5. The van der Waals surface area contributed by atoms with Crippen molar-refractivity contribution in [1.82, 2.24) is 14.4 Å². The summed E-state index contributed by atoms with van der Waals surface area (Å²) in [6, 6.07) is 7.47. The Morgan fingerprint density at radius 3 is 2.38 bits per heavy atom. The summed E-state index contributed by atoms with van der Waals surface area (Å²) >= 11 is 0. The van der Waals surface area contributed by atoms with Gasteiger partial charge in [-0.1, -0.05) is 6.07 Å². The Bertz CT molecular complexity index is 1480. The highest BCUT2D eigenvalue weighted by Crippen LogP contribution is 2.37. The maximum Gasteiger partial charge on any atom is 0.419 e. The Balaban J connectivity index is 1.76. The fraction of sp³-hybridized carbons (Fsp3) is 0.467. The maximum atomic E-state index is 13.3. The van der Waals surface area contributed by atoms with Crippen molar-refractivity contribution >= 4 is 23.0 Å². The number of ether oxygens (including phenoxy) is 3. The molecule has 1 atom stereocenters. The van der Waals surface area contributed by atoms with Crippen LogP contribution in [0.1, 0.15) is 53.9 Å². The number of rotatable bonds is 6. The number of aryl methyl sites for hydroxylation is 1. The number of hydrogen-bond acceptors (Lipinski definition) is 8. The molecular formula is C30H36F3N3O6. The highest BCUT2D eigenvalue weighted by molar-refractivity contribution is 5.95.